The third-order valence-electron chi connectivity index (χ3n) is 3.15. The highest BCUT2D eigenvalue weighted by Gasteiger charge is 2.28. The molecule has 0 aliphatic carbocycles. The number of hydrogen-bond acceptors (Lipinski definition) is 4. The van der Waals surface area contributed by atoms with Crippen LogP contribution in [0.2, 0.25) is 0 Å². The second-order valence-corrected chi connectivity index (χ2v) is 5.84. The summed E-state index contributed by atoms with van der Waals surface area (Å²) in [5.41, 5.74) is 8.29. The first-order valence-corrected chi connectivity index (χ1v) is 6.55. The molecule has 0 radical (unpaired) electrons. The van der Waals surface area contributed by atoms with E-state index in [2.05, 4.69) is 5.10 Å². The molecule has 19 heavy (non-hydrogen) atoms. The summed E-state index contributed by atoms with van der Waals surface area (Å²) in [5.74, 6) is 0. The third kappa shape index (κ3) is 2.89. The summed E-state index contributed by atoms with van der Waals surface area (Å²) in [6, 6.07) is 0. The van der Waals surface area contributed by atoms with Crippen LogP contribution >= 0.6 is 0 Å². The Morgan fingerprint density at radius 2 is 2.11 bits per heavy atom. The molecule has 0 saturated heterocycles. The summed E-state index contributed by atoms with van der Waals surface area (Å²) in [7, 11) is 0. The molecule has 6 heteroatoms. The number of aromatic nitrogens is 2. The van der Waals surface area contributed by atoms with Crippen LogP contribution in [0.25, 0.3) is 0 Å². The lowest BCUT2D eigenvalue weighted by atomic mass is 10.1. The van der Waals surface area contributed by atoms with Crippen LogP contribution in [0.4, 0.5) is 4.79 Å². The maximum absolute atomic E-state index is 12.1. The van der Waals surface area contributed by atoms with Gasteiger partial charge in [-0.25, -0.2) is 4.79 Å². The predicted molar refractivity (Wildman–Crippen MR) is 71.5 cm³/mol. The molecule has 0 unspecified atom stereocenters. The molecule has 1 aliphatic heterocycles. The Labute approximate surface area is 113 Å². The molecular weight excluding hydrogens is 244 g/mol. The molecule has 1 aromatic heterocycles. The van der Waals surface area contributed by atoms with E-state index in [9.17, 15) is 4.79 Å². The molecule has 1 aromatic rings. The summed E-state index contributed by atoms with van der Waals surface area (Å²) in [6.07, 6.45) is -0.277. The van der Waals surface area contributed by atoms with Gasteiger partial charge in [-0.05, 0) is 27.7 Å². The lowest BCUT2D eigenvalue weighted by Crippen LogP contribution is -2.41. The zero-order valence-electron chi connectivity index (χ0n) is 12.1. The van der Waals surface area contributed by atoms with Crippen molar-refractivity contribution in [2.24, 2.45) is 5.73 Å². The lowest BCUT2D eigenvalue weighted by Gasteiger charge is -2.30. The quantitative estimate of drug-likeness (QED) is 0.834. The third-order valence-corrected chi connectivity index (χ3v) is 3.15. The molecule has 0 aromatic carbocycles. The van der Waals surface area contributed by atoms with Gasteiger partial charge in [-0.2, -0.15) is 5.10 Å². The fraction of sp³-hybridized carbons (Fsp3) is 0.692. The van der Waals surface area contributed by atoms with Crippen LogP contribution in [-0.2, 0) is 24.4 Å². The number of hydrogen-bond donors (Lipinski definition) is 1. The number of amides is 1. The van der Waals surface area contributed by atoms with E-state index in [0.29, 0.717) is 26.2 Å². The van der Waals surface area contributed by atoms with Gasteiger partial charge in [0.05, 0.1) is 24.5 Å². The molecule has 0 fully saturated rings. The Bertz CT molecular complexity index is 488. The van der Waals surface area contributed by atoms with Crippen molar-refractivity contribution in [3.8, 4) is 0 Å². The standard InChI is InChI=1S/C13H22N4O2/c1-9-10(7-14)11-8-16(5-6-17(11)15-9)12(18)19-13(2,3)4/h5-8,14H2,1-4H3. The zero-order valence-corrected chi connectivity index (χ0v) is 12.1. The average Bonchev–Trinajstić information content (AvgIpc) is 2.60. The minimum absolute atomic E-state index is 0.277. The van der Waals surface area contributed by atoms with Crippen LogP contribution in [0.3, 0.4) is 0 Å². The normalized spacial score (nSPS) is 15.3. The molecule has 106 valence electrons. The van der Waals surface area contributed by atoms with Crippen LogP contribution < -0.4 is 5.73 Å². The fourth-order valence-electron chi connectivity index (χ4n) is 2.25. The molecule has 2 rings (SSSR count). The van der Waals surface area contributed by atoms with E-state index in [-0.39, 0.29) is 6.09 Å². The van der Waals surface area contributed by atoms with Gasteiger partial charge in [0.2, 0.25) is 0 Å². The molecule has 1 aliphatic rings. The number of fused-ring (bicyclic) bond motifs is 1. The SMILES string of the molecule is Cc1nn2c(c1CN)CN(C(=O)OC(C)(C)C)CC2. The molecule has 0 bridgehead atoms. The molecule has 0 spiro atoms. The van der Waals surface area contributed by atoms with Crippen molar-refractivity contribution in [3.63, 3.8) is 0 Å². The summed E-state index contributed by atoms with van der Waals surface area (Å²) in [5, 5.41) is 4.45. The Hall–Kier alpha value is -1.56. The van der Waals surface area contributed by atoms with Crippen molar-refractivity contribution < 1.29 is 9.53 Å². The van der Waals surface area contributed by atoms with Crippen molar-refractivity contribution in [3.05, 3.63) is 17.0 Å². The van der Waals surface area contributed by atoms with E-state index in [1.165, 1.54) is 0 Å². The summed E-state index contributed by atoms with van der Waals surface area (Å²) < 4.78 is 7.34. The van der Waals surface area contributed by atoms with Gasteiger partial charge in [-0.15, -0.1) is 0 Å². The minimum Gasteiger partial charge on any atom is -0.444 e. The number of carbonyl (C=O) groups excluding carboxylic acids is 1. The molecule has 2 heterocycles. The van der Waals surface area contributed by atoms with Crippen LogP contribution in [0, 0.1) is 6.92 Å². The van der Waals surface area contributed by atoms with Gasteiger partial charge in [0.15, 0.2) is 0 Å². The van der Waals surface area contributed by atoms with Gasteiger partial charge in [-0.3, -0.25) is 4.68 Å². The van der Waals surface area contributed by atoms with E-state index in [1.807, 2.05) is 32.4 Å². The second kappa shape index (κ2) is 4.85. The molecular formula is C13H22N4O2. The number of nitrogens with zero attached hydrogens (tertiary/aromatic N) is 3. The predicted octanol–water partition coefficient (Wildman–Crippen LogP) is 1.40. The maximum Gasteiger partial charge on any atom is 0.410 e. The molecule has 2 N–H and O–H groups in total. The van der Waals surface area contributed by atoms with Gasteiger partial charge in [0.1, 0.15) is 5.60 Å². The summed E-state index contributed by atoms with van der Waals surface area (Å²) in [6.45, 7) is 9.83. The average molecular weight is 266 g/mol. The number of aryl methyl sites for hydroxylation is 1. The molecule has 0 atom stereocenters. The van der Waals surface area contributed by atoms with E-state index in [4.69, 9.17) is 10.5 Å². The lowest BCUT2D eigenvalue weighted by molar-refractivity contribution is 0.0194. The van der Waals surface area contributed by atoms with Gasteiger partial charge in [0.25, 0.3) is 0 Å². The van der Waals surface area contributed by atoms with Gasteiger partial charge in [0, 0.05) is 18.7 Å². The summed E-state index contributed by atoms with van der Waals surface area (Å²) >= 11 is 0. The maximum atomic E-state index is 12.1. The van der Waals surface area contributed by atoms with Crippen molar-refractivity contribution in [2.45, 2.75) is 52.9 Å². The van der Waals surface area contributed by atoms with Gasteiger partial charge < -0.3 is 15.4 Å². The van der Waals surface area contributed by atoms with E-state index in [1.54, 1.807) is 4.90 Å². The summed E-state index contributed by atoms with van der Waals surface area (Å²) in [4.78, 5) is 13.8. The Morgan fingerprint density at radius 1 is 1.42 bits per heavy atom. The topological polar surface area (TPSA) is 73.4 Å². The van der Waals surface area contributed by atoms with Crippen molar-refractivity contribution in [1.29, 1.82) is 0 Å². The van der Waals surface area contributed by atoms with E-state index >= 15 is 0 Å². The first-order chi connectivity index (χ1) is 8.81. The highest BCUT2D eigenvalue weighted by atomic mass is 16.6. The number of carbonyl (C=O) groups is 1. The second-order valence-electron chi connectivity index (χ2n) is 5.84. The highest BCUT2D eigenvalue weighted by molar-refractivity contribution is 5.68. The van der Waals surface area contributed by atoms with E-state index in [0.717, 1.165) is 17.0 Å². The van der Waals surface area contributed by atoms with Crippen molar-refractivity contribution >= 4 is 6.09 Å². The molecule has 0 saturated carbocycles. The largest absolute Gasteiger partial charge is 0.444 e. The first-order valence-electron chi connectivity index (χ1n) is 6.55. The number of ether oxygens (including phenoxy) is 1. The van der Waals surface area contributed by atoms with Crippen LogP contribution in [-0.4, -0.2) is 32.9 Å². The Kier molecular flexibility index (Phi) is 3.54. The fourth-order valence-corrected chi connectivity index (χ4v) is 2.25. The smallest absolute Gasteiger partial charge is 0.410 e. The van der Waals surface area contributed by atoms with E-state index < -0.39 is 5.60 Å². The van der Waals surface area contributed by atoms with Crippen LogP contribution in [0.15, 0.2) is 0 Å². The van der Waals surface area contributed by atoms with Crippen molar-refractivity contribution in [2.75, 3.05) is 6.54 Å². The van der Waals surface area contributed by atoms with Crippen molar-refractivity contribution in [1.82, 2.24) is 14.7 Å². The molecule has 6 nitrogen and oxygen atoms in total. The Balaban J connectivity index is 2.15. The van der Waals surface area contributed by atoms with Gasteiger partial charge >= 0.3 is 6.09 Å². The highest BCUT2D eigenvalue weighted by Crippen LogP contribution is 2.21. The minimum atomic E-state index is -0.471. The zero-order chi connectivity index (χ0) is 14.2. The Morgan fingerprint density at radius 3 is 2.68 bits per heavy atom. The monoisotopic (exact) mass is 266 g/mol. The van der Waals surface area contributed by atoms with Crippen LogP contribution in [0.5, 0.6) is 0 Å². The first kappa shape index (κ1) is 13.9. The number of nitrogens with two attached hydrogens (primary N) is 1. The van der Waals surface area contributed by atoms with Crippen LogP contribution in [0.1, 0.15) is 37.7 Å². The molecule has 1 amide bonds. The van der Waals surface area contributed by atoms with Gasteiger partial charge in [-0.1, -0.05) is 0 Å². The number of rotatable bonds is 1.